The highest BCUT2D eigenvalue weighted by atomic mass is 16.5. The van der Waals surface area contributed by atoms with Gasteiger partial charge in [0.05, 0.1) is 13.7 Å². The Kier molecular flexibility index (Phi) is 7.82. The van der Waals surface area contributed by atoms with Crippen molar-refractivity contribution in [2.75, 3.05) is 7.11 Å². The van der Waals surface area contributed by atoms with Gasteiger partial charge in [-0.05, 0) is 17.7 Å². The van der Waals surface area contributed by atoms with E-state index < -0.39 is 0 Å². The molecule has 0 aliphatic rings. The summed E-state index contributed by atoms with van der Waals surface area (Å²) in [5.74, 6) is 0.851. The van der Waals surface area contributed by atoms with Crippen LogP contribution in [0.5, 0.6) is 5.75 Å². The highest BCUT2D eigenvalue weighted by molar-refractivity contribution is 5.83. The number of nitrogens with zero attached hydrogens (tertiary/aromatic N) is 1. The van der Waals surface area contributed by atoms with Gasteiger partial charge in [0.25, 0.3) is 0 Å². The van der Waals surface area contributed by atoms with Crippen molar-refractivity contribution in [1.82, 2.24) is 0 Å². The van der Waals surface area contributed by atoms with Crippen molar-refractivity contribution in [2.24, 2.45) is 4.99 Å². The third-order valence-corrected chi connectivity index (χ3v) is 2.49. The first-order chi connectivity index (χ1) is 9.81. The molecule has 0 bridgehead atoms. The Balaban J connectivity index is 0.000000612. The van der Waals surface area contributed by atoms with Crippen molar-refractivity contribution in [1.29, 1.82) is 0 Å². The molecule has 2 aromatic carbocycles. The zero-order chi connectivity index (χ0) is 14.6. The van der Waals surface area contributed by atoms with E-state index in [9.17, 15) is 0 Å². The monoisotopic (exact) mass is 269 g/mol. The van der Waals surface area contributed by atoms with Gasteiger partial charge in [-0.3, -0.25) is 4.99 Å². The third-order valence-electron chi connectivity index (χ3n) is 2.49. The second-order valence-corrected chi connectivity index (χ2v) is 4.40. The fraction of sp³-hybridized carbons (Fsp3) is 0.278. The molecule has 2 aromatic rings. The van der Waals surface area contributed by atoms with E-state index in [0.29, 0.717) is 6.54 Å². The number of para-hydroxylation sites is 1. The van der Waals surface area contributed by atoms with Gasteiger partial charge in [0, 0.05) is 11.8 Å². The molecule has 2 rings (SSSR count). The molecule has 0 aliphatic heterocycles. The molecule has 0 aromatic heterocycles. The van der Waals surface area contributed by atoms with E-state index in [4.69, 9.17) is 4.74 Å². The summed E-state index contributed by atoms with van der Waals surface area (Å²) < 4.78 is 5.26. The van der Waals surface area contributed by atoms with Gasteiger partial charge >= 0.3 is 0 Å². The van der Waals surface area contributed by atoms with Crippen LogP contribution in [0.25, 0.3) is 0 Å². The normalized spacial score (nSPS) is 9.95. The second-order valence-electron chi connectivity index (χ2n) is 4.40. The molecule has 0 saturated carbocycles. The molecule has 2 nitrogen and oxygen atoms in total. The Bertz CT molecular complexity index is 506. The molecular weight excluding hydrogens is 246 g/mol. The lowest BCUT2D eigenvalue weighted by Gasteiger charge is -2.02. The van der Waals surface area contributed by atoms with E-state index in [1.165, 1.54) is 12.0 Å². The van der Waals surface area contributed by atoms with Crippen LogP contribution in [-0.2, 0) is 6.54 Å². The predicted octanol–water partition coefficient (Wildman–Crippen LogP) is 4.73. The number of rotatable bonds is 4. The number of methoxy groups -OCH3 is 1. The van der Waals surface area contributed by atoms with E-state index in [-0.39, 0.29) is 0 Å². The molecule has 0 fully saturated rings. The zero-order valence-corrected chi connectivity index (χ0v) is 12.5. The first-order valence-electron chi connectivity index (χ1n) is 6.98. The van der Waals surface area contributed by atoms with Gasteiger partial charge in [-0.15, -0.1) is 0 Å². The zero-order valence-electron chi connectivity index (χ0n) is 12.5. The summed E-state index contributed by atoms with van der Waals surface area (Å²) >= 11 is 0. The van der Waals surface area contributed by atoms with Crippen LogP contribution in [0.1, 0.15) is 31.4 Å². The van der Waals surface area contributed by atoms with E-state index in [1.54, 1.807) is 7.11 Å². The maximum Gasteiger partial charge on any atom is 0.127 e. The largest absolute Gasteiger partial charge is 0.496 e. The summed E-state index contributed by atoms with van der Waals surface area (Å²) in [5, 5.41) is 0. The van der Waals surface area contributed by atoms with Crippen molar-refractivity contribution in [3.05, 3.63) is 65.7 Å². The SMILES string of the molecule is CCC.COc1ccccc1C=NCc1ccccc1. The molecule has 0 spiro atoms. The van der Waals surface area contributed by atoms with Gasteiger partial charge < -0.3 is 4.74 Å². The Labute approximate surface area is 122 Å². The molecule has 0 saturated heterocycles. The molecule has 0 N–H and O–H groups in total. The minimum atomic E-state index is 0.693. The van der Waals surface area contributed by atoms with E-state index in [0.717, 1.165) is 11.3 Å². The Hall–Kier alpha value is -2.09. The lowest BCUT2D eigenvalue weighted by molar-refractivity contribution is 0.414. The van der Waals surface area contributed by atoms with Gasteiger partial charge in [-0.2, -0.15) is 0 Å². The van der Waals surface area contributed by atoms with Crippen LogP contribution in [-0.4, -0.2) is 13.3 Å². The molecule has 0 amide bonds. The van der Waals surface area contributed by atoms with Crippen molar-refractivity contribution < 1.29 is 4.74 Å². The van der Waals surface area contributed by atoms with Gasteiger partial charge in [0.2, 0.25) is 0 Å². The molecule has 0 radical (unpaired) electrons. The Morgan fingerprint density at radius 3 is 2.20 bits per heavy atom. The molecule has 106 valence electrons. The quantitative estimate of drug-likeness (QED) is 0.735. The standard InChI is InChI=1S/C15H15NO.C3H8/c1-17-15-10-6-5-9-14(15)12-16-11-13-7-3-2-4-8-13;1-3-2/h2-10,12H,11H2,1H3;3H2,1-2H3. The van der Waals surface area contributed by atoms with Crippen LogP contribution in [0.4, 0.5) is 0 Å². The smallest absolute Gasteiger partial charge is 0.127 e. The number of hydrogen-bond donors (Lipinski definition) is 0. The van der Waals surface area contributed by atoms with E-state index in [2.05, 4.69) is 31.0 Å². The van der Waals surface area contributed by atoms with Gasteiger partial charge in [-0.1, -0.05) is 62.7 Å². The lowest BCUT2D eigenvalue weighted by Crippen LogP contribution is -1.90. The molecule has 2 heteroatoms. The van der Waals surface area contributed by atoms with E-state index >= 15 is 0 Å². The number of ether oxygens (including phenoxy) is 1. The van der Waals surface area contributed by atoms with Crippen LogP contribution in [0, 0.1) is 0 Å². The number of benzene rings is 2. The molecule has 0 aliphatic carbocycles. The average molecular weight is 269 g/mol. The van der Waals surface area contributed by atoms with Crippen molar-refractivity contribution >= 4 is 6.21 Å². The highest BCUT2D eigenvalue weighted by Gasteiger charge is 1.96. The Morgan fingerprint density at radius 2 is 1.55 bits per heavy atom. The second kappa shape index (κ2) is 9.79. The van der Waals surface area contributed by atoms with Crippen LogP contribution in [0.3, 0.4) is 0 Å². The maximum absolute atomic E-state index is 5.26. The van der Waals surface area contributed by atoms with Crippen molar-refractivity contribution in [3.63, 3.8) is 0 Å². The number of aliphatic imine (C=N–C) groups is 1. The predicted molar refractivity (Wildman–Crippen MR) is 86.7 cm³/mol. The topological polar surface area (TPSA) is 21.6 Å². The van der Waals surface area contributed by atoms with Crippen LogP contribution < -0.4 is 4.74 Å². The summed E-state index contributed by atoms with van der Waals surface area (Å²) in [4.78, 5) is 4.42. The molecule has 0 unspecified atom stereocenters. The highest BCUT2D eigenvalue weighted by Crippen LogP contribution is 2.14. The van der Waals surface area contributed by atoms with Crippen LogP contribution in [0.2, 0.25) is 0 Å². The molecule has 20 heavy (non-hydrogen) atoms. The summed E-state index contributed by atoms with van der Waals surface area (Å²) in [6.07, 6.45) is 3.10. The summed E-state index contributed by atoms with van der Waals surface area (Å²) in [6.45, 7) is 4.94. The number of hydrogen-bond acceptors (Lipinski definition) is 2. The Morgan fingerprint density at radius 1 is 0.950 bits per heavy atom. The third kappa shape index (κ3) is 5.70. The van der Waals surface area contributed by atoms with Gasteiger partial charge in [0.1, 0.15) is 5.75 Å². The summed E-state index contributed by atoms with van der Waals surface area (Å²) in [6, 6.07) is 18.0. The molecule has 0 atom stereocenters. The fourth-order valence-corrected chi connectivity index (χ4v) is 1.61. The summed E-state index contributed by atoms with van der Waals surface area (Å²) in [7, 11) is 1.67. The summed E-state index contributed by atoms with van der Waals surface area (Å²) in [5.41, 5.74) is 2.21. The van der Waals surface area contributed by atoms with E-state index in [1.807, 2.05) is 48.7 Å². The lowest BCUT2D eigenvalue weighted by atomic mass is 10.2. The maximum atomic E-state index is 5.26. The van der Waals surface area contributed by atoms with Crippen LogP contribution >= 0.6 is 0 Å². The molecule has 0 heterocycles. The van der Waals surface area contributed by atoms with Crippen LogP contribution in [0.15, 0.2) is 59.6 Å². The molecular formula is C18H23NO. The van der Waals surface area contributed by atoms with Gasteiger partial charge in [-0.25, -0.2) is 0 Å². The minimum absolute atomic E-state index is 0.693. The average Bonchev–Trinajstić information content (AvgIpc) is 2.50. The van der Waals surface area contributed by atoms with Crippen molar-refractivity contribution in [3.8, 4) is 5.75 Å². The fourth-order valence-electron chi connectivity index (χ4n) is 1.61. The first-order valence-corrected chi connectivity index (χ1v) is 6.98. The van der Waals surface area contributed by atoms with Gasteiger partial charge in [0.15, 0.2) is 0 Å². The minimum Gasteiger partial charge on any atom is -0.496 e. The van der Waals surface area contributed by atoms with Crippen molar-refractivity contribution in [2.45, 2.75) is 26.8 Å². The first kappa shape index (κ1) is 16.0.